The third-order valence-corrected chi connectivity index (χ3v) is 8.41. The van der Waals surface area contributed by atoms with Crippen molar-refractivity contribution in [1.82, 2.24) is 0 Å². The lowest BCUT2D eigenvalue weighted by atomic mass is 9.80. The highest BCUT2D eigenvalue weighted by molar-refractivity contribution is 6.29. The molecule has 1 aliphatic rings. The van der Waals surface area contributed by atoms with Crippen LogP contribution in [0.5, 0.6) is 0 Å². The van der Waals surface area contributed by atoms with E-state index in [-0.39, 0.29) is 5.41 Å². The first kappa shape index (κ1) is 19.2. The fraction of sp³-hybridized carbons (Fsp3) is 0.0857. The van der Waals surface area contributed by atoms with Crippen molar-refractivity contribution < 1.29 is 0 Å². The molecule has 0 saturated heterocycles. The minimum Gasteiger partial charge on any atom is -0.0619 e. The molecule has 0 saturated carbocycles. The normalized spacial score (nSPS) is 14.2. The smallest absolute Gasteiger partial charge is 0.0159 e. The Morgan fingerprint density at radius 3 is 2.03 bits per heavy atom. The minimum absolute atomic E-state index is 0.00446. The molecule has 0 atom stereocenters. The zero-order valence-electron chi connectivity index (χ0n) is 19.9. The van der Waals surface area contributed by atoms with Crippen LogP contribution in [0.25, 0.3) is 65.3 Å². The van der Waals surface area contributed by atoms with Crippen molar-refractivity contribution in [3.63, 3.8) is 0 Å². The third-order valence-electron chi connectivity index (χ3n) is 8.41. The molecule has 0 heterocycles. The van der Waals surface area contributed by atoms with Gasteiger partial charge in [0.1, 0.15) is 0 Å². The summed E-state index contributed by atoms with van der Waals surface area (Å²) in [5.41, 5.74) is 8.30. The summed E-state index contributed by atoms with van der Waals surface area (Å²) < 4.78 is 0. The van der Waals surface area contributed by atoms with Gasteiger partial charge in [-0.1, -0.05) is 117 Å². The molecule has 0 amide bonds. The van der Waals surface area contributed by atoms with Crippen LogP contribution in [0.3, 0.4) is 0 Å². The maximum absolute atomic E-state index is 2.46. The van der Waals surface area contributed by atoms with Crippen LogP contribution >= 0.6 is 0 Å². The first-order valence-corrected chi connectivity index (χ1v) is 12.5. The molecule has 0 fully saturated rings. The molecule has 7 aromatic carbocycles. The standard InChI is InChI=1S/C35H24/c1-35(2)30-13-6-5-11-28(30)34-29-19-15-22-14-17-26(25-12-7-9-21-8-3-4-10-24(21)25)27-18-16-23(20-31(34)35)33(29)32(22)27/h3-20H,1-2H3. The highest BCUT2D eigenvalue weighted by atomic mass is 14.4. The highest BCUT2D eigenvalue weighted by Crippen LogP contribution is 2.53. The Morgan fingerprint density at radius 1 is 0.429 bits per heavy atom. The monoisotopic (exact) mass is 444 g/mol. The first-order chi connectivity index (χ1) is 17.1. The summed E-state index contributed by atoms with van der Waals surface area (Å²) in [6.45, 7) is 4.74. The average molecular weight is 445 g/mol. The Hall–Kier alpha value is -4.16. The number of rotatable bonds is 1. The van der Waals surface area contributed by atoms with Crippen molar-refractivity contribution in [3.05, 3.63) is 120 Å². The zero-order valence-corrected chi connectivity index (χ0v) is 19.9. The molecule has 1 aliphatic carbocycles. The largest absolute Gasteiger partial charge is 0.0619 e. The van der Waals surface area contributed by atoms with E-state index >= 15 is 0 Å². The molecule has 0 N–H and O–H groups in total. The molecule has 0 radical (unpaired) electrons. The molecule has 8 rings (SSSR count). The van der Waals surface area contributed by atoms with Gasteiger partial charge >= 0.3 is 0 Å². The van der Waals surface area contributed by atoms with Crippen LogP contribution in [0, 0.1) is 0 Å². The predicted molar refractivity (Wildman–Crippen MR) is 151 cm³/mol. The Labute approximate surface area is 204 Å². The molecule has 164 valence electrons. The van der Waals surface area contributed by atoms with Gasteiger partial charge < -0.3 is 0 Å². The number of fused-ring (bicyclic) bond motifs is 5. The van der Waals surface area contributed by atoms with Gasteiger partial charge in [-0.2, -0.15) is 0 Å². The van der Waals surface area contributed by atoms with Crippen molar-refractivity contribution in [2.24, 2.45) is 0 Å². The van der Waals surface area contributed by atoms with Crippen LogP contribution < -0.4 is 0 Å². The summed E-state index contributed by atoms with van der Waals surface area (Å²) in [5, 5.41) is 10.7. The Kier molecular flexibility index (Phi) is 3.56. The Morgan fingerprint density at radius 2 is 1.09 bits per heavy atom. The summed E-state index contributed by atoms with van der Waals surface area (Å²) in [5.74, 6) is 0. The van der Waals surface area contributed by atoms with Crippen LogP contribution in [0.2, 0.25) is 0 Å². The van der Waals surface area contributed by atoms with Gasteiger partial charge in [0.25, 0.3) is 0 Å². The number of hydrogen-bond acceptors (Lipinski definition) is 0. The molecule has 0 bridgehead atoms. The second-order valence-electron chi connectivity index (χ2n) is 10.5. The second kappa shape index (κ2) is 6.49. The topological polar surface area (TPSA) is 0 Å². The number of benzene rings is 7. The maximum Gasteiger partial charge on any atom is 0.0159 e. The minimum atomic E-state index is 0.00446. The van der Waals surface area contributed by atoms with Crippen molar-refractivity contribution in [2.75, 3.05) is 0 Å². The lowest BCUT2D eigenvalue weighted by molar-refractivity contribution is 0.661. The summed E-state index contributed by atoms with van der Waals surface area (Å²) in [6.07, 6.45) is 0. The van der Waals surface area contributed by atoms with Crippen molar-refractivity contribution in [2.45, 2.75) is 19.3 Å². The van der Waals surface area contributed by atoms with Gasteiger partial charge in [-0.3, -0.25) is 0 Å². The molecule has 0 heteroatoms. The van der Waals surface area contributed by atoms with Gasteiger partial charge in [-0.25, -0.2) is 0 Å². The van der Waals surface area contributed by atoms with E-state index in [0.29, 0.717) is 0 Å². The van der Waals surface area contributed by atoms with Gasteiger partial charge in [-0.05, 0) is 82.5 Å². The molecular weight excluding hydrogens is 420 g/mol. The molecule has 7 aromatic rings. The summed E-state index contributed by atoms with van der Waals surface area (Å²) in [4.78, 5) is 0. The summed E-state index contributed by atoms with van der Waals surface area (Å²) >= 11 is 0. The second-order valence-corrected chi connectivity index (χ2v) is 10.5. The third kappa shape index (κ3) is 2.37. The van der Waals surface area contributed by atoms with Gasteiger partial charge in [-0.15, -0.1) is 0 Å². The van der Waals surface area contributed by atoms with Crippen molar-refractivity contribution in [1.29, 1.82) is 0 Å². The van der Waals surface area contributed by atoms with E-state index in [4.69, 9.17) is 0 Å². The van der Waals surface area contributed by atoms with Crippen molar-refractivity contribution >= 4 is 43.1 Å². The SMILES string of the molecule is CC1(C)c2ccccc2-c2c1cc1ccc3c(-c4cccc5ccccc45)ccc4ccc2c1c43. The quantitative estimate of drug-likeness (QED) is 0.221. The van der Waals surface area contributed by atoms with Gasteiger partial charge in [0.15, 0.2) is 0 Å². The molecule has 35 heavy (non-hydrogen) atoms. The molecule has 0 spiro atoms. The average Bonchev–Trinajstić information content (AvgIpc) is 3.13. The van der Waals surface area contributed by atoms with Crippen LogP contribution in [0.4, 0.5) is 0 Å². The Bertz CT molecular complexity index is 1960. The molecular formula is C35H24. The van der Waals surface area contributed by atoms with E-state index in [0.717, 1.165) is 0 Å². The van der Waals surface area contributed by atoms with E-state index in [2.05, 4.69) is 123 Å². The zero-order chi connectivity index (χ0) is 23.3. The lowest BCUT2D eigenvalue weighted by Crippen LogP contribution is -2.14. The van der Waals surface area contributed by atoms with E-state index < -0.39 is 0 Å². The van der Waals surface area contributed by atoms with Crippen LogP contribution in [-0.2, 0) is 5.41 Å². The molecule has 0 aliphatic heterocycles. The fourth-order valence-corrected chi connectivity index (χ4v) is 6.75. The first-order valence-electron chi connectivity index (χ1n) is 12.5. The van der Waals surface area contributed by atoms with Gasteiger partial charge in [0.2, 0.25) is 0 Å². The predicted octanol–water partition coefficient (Wildman–Crippen LogP) is 9.71. The van der Waals surface area contributed by atoms with E-state index in [1.807, 2.05) is 0 Å². The van der Waals surface area contributed by atoms with E-state index in [1.165, 1.54) is 76.5 Å². The van der Waals surface area contributed by atoms with Crippen LogP contribution in [0.15, 0.2) is 109 Å². The number of hydrogen-bond donors (Lipinski definition) is 0. The van der Waals surface area contributed by atoms with Crippen LogP contribution in [-0.4, -0.2) is 0 Å². The molecule has 0 nitrogen and oxygen atoms in total. The molecule has 0 aromatic heterocycles. The lowest BCUT2D eigenvalue weighted by Gasteiger charge is -2.23. The van der Waals surface area contributed by atoms with E-state index in [1.54, 1.807) is 0 Å². The van der Waals surface area contributed by atoms with E-state index in [9.17, 15) is 0 Å². The summed E-state index contributed by atoms with van der Waals surface area (Å²) in [7, 11) is 0. The maximum atomic E-state index is 2.46. The summed E-state index contributed by atoms with van der Waals surface area (Å²) in [6, 6.07) is 40.8. The highest BCUT2D eigenvalue weighted by Gasteiger charge is 2.36. The Balaban J connectivity index is 1.53. The van der Waals surface area contributed by atoms with Gasteiger partial charge in [0.05, 0.1) is 0 Å². The fourth-order valence-electron chi connectivity index (χ4n) is 6.75. The van der Waals surface area contributed by atoms with Gasteiger partial charge in [0, 0.05) is 5.41 Å². The van der Waals surface area contributed by atoms with Crippen LogP contribution in [0.1, 0.15) is 25.0 Å². The molecule has 0 unspecified atom stereocenters. The van der Waals surface area contributed by atoms with Crippen molar-refractivity contribution in [3.8, 4) is 22.3 Å².